The molecule has 0 radical (unpaired) electrons. The molecular weight excluding hydrogens is 230 g/mol. The normalized spacial score (nSPS) is 10.4. The second kappa shape index (κ2) is 5.32. The van der Waals surface area contributed by atoms with Crippen molar-refractivity contribution >= 4 is 16.6 Å². The van der Waals surface area contributed by atoms with Crippen molar-refractivity contribution in [2.75, 3.05) is 0 Å². The lowest BCUT2D eigenvalue weighted by molar-refractivity contribution is -0.383. The predicted molar refractivity (Wildman–Crippen MR) is 68.1 cm³/mol. The molecule has 0 fully saturated rings. The molecule has 0 aliphatic rings. The van der Waals surface area contributed by atoms with Crippen LogP contribution < -0.4 is 0 Å². The third-order valence-electron chi connectivity index (χ3n) is 2.92. The number of fused-ring (bicyclic) bond motifs is 1. The van der Waals surface area contributed by atoms with Crippen LogP contribution in [0.3, 0.4) is 0 Å². The number of nitro groups is 1. The summed E-state index contributed by atoms with van der Waals surface area (Å²) in [5.74, 6) is 0. The van der Waals surface area contributed by atoms with Crippen LogP contribution in [0.15, 0.2) is 30.5 Å². The largest absolute Gasteiger partial charge is 0.347 e. The van der Waals surface area contributed by atoms with Gasteiger partial charge in [0.1, 0.15) is 0 Å². The van der Waals surface area contributed by atoms with Crippen LogP contribution in [0.1, 0.15) is 19.3 Å². The molecule has 2 aromatic rings. The number of unbranched alkanes of at least 4 members (excludes halogenated alkanes) is 2. The van der Waals surface area contributed by atoms with E-state index in [-0.39, 0.29) is 10.6 Å². The van der Waals surface area contributed by atoms with Crippen LogP contribution in [0.25, 0.3) is 10.9 Å². The number of aromatic nitrogens is 1. The van der Waals surface area contributed by atoms with Crippen molar-refractivity contribution in [1.29, 1.82) is 5.26 Å². The van der Waals surface area contributed by atoms with Crippen LogP contribution in [0.2, 0.25) is 0 Å². The highest BCUT2D eigenvalue weighted by molar-refractivity contribution is 5.89. The summed E-state index contributed by atoms with van der Waals surface area (Å²) in [5.41, 5.74) is 1.02. The van der Waals surface area contributed by atoms with E-state index >= 15 is 0 Å². The molecule has 1 aromatic heterocycles. The first kappa shape index (κ1) is 12.1. The highest BCUT2D eigenvalue weighted by Crippen LogP contribution is 2.26. The molecule has 18 heavy (non-hydrogen) atoms. The maximum atomic E-state index is 10.9. The third-order valence-corrected chi connectivity index (χ3v) is 2.92. The highest BCUT2D eigenvalue weighted by atomic mass is 16.6. The van der Waals surface area contributed by atoms with Gasteiger partial charge in [-0.05, 0) is 25.0 Å². The zero-order chi connectivity index (χ0) is 13.0. The van der Waals surface area contributed by atoms with Crippen molar-refractivity contribution in [1.82, 2.24) is 4.57 Å². The van der Waals surface area contributed by atoms with E-state index in [1.807, 2.05) is 16.8 Å². The van der Waals surface area contributed by atoms with Crippen molar-refractivity contribution in [3.05, 3.63) is 40.6 Å². The quantitative estimate of drug-likeness (QED) is 0.459. The van der Waals surface area contributed by atoms with E-state index in [0.717, 1.165) is 24.9 Å². The molecule has 0 atom stereocenters. The van der Waals surface area contributed by atoms with E-state index in [4.69, 9.17) is 5.26 Å². The molecule has 92 valence electrons. The Labute approximate surface area is 104 Å². The summed E-state index contributed by atoms with van der Waals surface area (Å²) < 4.78 is 2.00. The monoisotopic (exact) mass is 243 g/mol. The van der Waals surface area contributed by atoms with Gasteiger partial charge in [-0.1, -0.05) is 6.07 Å². The van der Waals surface area contributed by atoms with Gasteiger partial charge in [-0.3, -0.25) is 10.1 Å². The maximum absolute atomic E-state index is 10.9. The number of hydrogen-bond acceptors (Lipinski definition) is 3. The number of non-ortho nitro benzene ring substituents is 1. The number of rotatable bonds is 5. The van der Waals surface area contributed by atoms with E-state index in [1.54, 1.807) is 12.1 Å². The molecule has 0 aliphatic heterocycles. The van der Waals surface area contributed by atoms with Crippen LogP contribution >= 0.6 is 0 Å². The van der Waals surface area contributed by atoms with Crippen molar-refractivity contribution in [3.8, 4) is 6.07 Å². The Bertz CT molecular complexity index is 610. The zero-order valence-electron chi connectivity index (χ0n) is 9.87. The standard InChI is InChI=1S/C13H13N3O2/c14-8-2-1-3-9-15-10-7-11-12(15)5-4-6-13(11)16(17)18/h4-7,10H,1-3,9H2. The summed E-state index contributed by atoms with van der Waals surface area (Å²) >= 11 is 0. The van der Waals surface area contributed by atoms with Gasteiger partial charge in [-0.25, -0.2) is 0 Å². The summed E-state index contributed by atoms with van der Waals surface area (Å²) in [6.07, 6.45) is 4.18. The molecule has 0 aliphatic carbocycles. The van der Waals surface area contributed by atoms with Crippen molar-refractivity contribution < 1.29 is 4.92 Å². The number of hydrogen-bond donors (Lipinski definition) is 0. The average molecular weight is 243 g/mol. The van der Waals surface area contributed by atoms with Crippen molar-refractivity contribution in [2.24, 2.45) is 0 Å². The van der Waals surface area contributed by atoms with Crippen LogP contribution in [0.4, 0.5) is 5.69 Å². The van der Waals surface area contributed by atoms with Crippen LogP contribution in [0, 0.1) is 21.4 Å². The van der Waals surface area contributed by atoms with Gasteiger partial charge in [0.15, 0.2) is 0 Å². The molecule has 0 amide bonds. The zero-order valence-corrected chi connectivity index (χ0v) is 9.87. The minimum Gasteiger partial charge on any atom is -0.347 e. The fourth-order valence-corrected chi connectivity index (χ4v) is 2.05. The molecule has 2 rings (SSSR count). The first-order valence-corrected chi connectivity index (χ1v) is 5.83. The summed E-state index contributed by atoms with van der Waals surface area (Å²) in [5, 5.41) is 20.0. The fraction of sp³-hybridized carbons (Fsp3) is 0.308. The highest BCUT2D eigenvalue weighted by Gasteiger charge is 2.13. The van der Waals surface area contributed by atoms with E-state index in [2.05, 4.69) is 6.07 Å². The molecule has 1 aromatic carbocycles. The van der Waals surface area contributed by atoms with Gasteiger partial charge in [-0.2, -0.15) is 5.26 Å². The Kier molecular flexibility index (Phi) is 3.58. The first-order valence-electron chi connectivity index (χ1n) is 5.83. The van der Waals surface area contributed by atoms with Gasteiger partial charge >= 0.3 is 0 Å². The minimum absolute atomic E-state index is 0.142. The lowest BCUT2D eigenvalue weighted by Gasteiger charge is -2.04. The molecule has 0 spiro atoms. The second-order valence-electron chi connectivity index (χ2n) is 4.09. The molecule has 0 unspecified atom stereocenters. The number of benzene rings is 1. The number of aryl methyl sites for hydroxylation is 1. The molecule has 0 bridgehead atoms. The lowest BCUT2D eigenvalue weighted by Crippen LogP contribution is -1.96. The number of nitrogens with zero attached hydrogens (tertiary/aromatic N) is 3. The molecular formula is C13H13N3O2. The average Bonchev–Trinajstić information content (AvgIpc) is 2.77. The van der Waals surface area contributed by atoms with E-state index in [1.165, 1.54) is 6.07 Å². The third kappa shape index (κ3) is 2.33. The van der Waals surface area contributed by atoms with Gasteiger partial charge in [0.05, 0.1) is 21.9 Å². The molecule has 5 nitrogen and oxygen atoms in total. The Balaban J connectivity index is 2.23. The topological polar surface area (TPSA) is 71.9 Å². The smallest absolute Gasteiger partial charge is 0.278 e. The Morgan fingerprint density at radius 2 is 2.17 bits per heavy atom. The van der Waals surface area contributed by atoms with E-state index in [0.29, 0.717) is 11.8 Å². The Morgan fingerprint density at radius 1 is 1.33 bits per heavy atom. The van der Waals surface area contributed by atoms with Gasteiger partial charge in [0.2, 0.25) is 0 Å². The van der Waals surface area contributed by atoms with Crippen LogP contribution in [0.5, 0.6) is 0 Å². The van der Waals surface area contributed by atoms with Crippen LogP contribution in [-0.2, 0) is 6.54 Å². The summed E-state index contributed by atoms with van der Waals surface area (Å²) in [7, 11) is 0. The summed E-state index contributed by atoms with van der Waals surface area (Å²) in [4.78, 5) is 10.5. The molecule has 0 N–H and O–H groups in total. The number of nitriles is 1. The van der Waals surface area contributed by atoms with Crippen molar-refractivity contribution in [2.45, 2.75) is 25.8 Å². The molecule has 1 heterocycles. The lowest BCUT2D eigenvalue weighted by atomic mass is 10.2. The fourth-order valence-electron chi connectivity index (χ4n) is 2.05. The Hall–Kier alpha value is -2.35. The van der Waals surface area contributed by atoms with Crippen molar-refractivity contribution in [3.63, 3.8) is 0 Å². The molecule has 0 saturated heterocycles. The molecule has 0 saturated carbocycles. The summed E-state index contributed by atoms with van der Waals surface area (Å²) in [6, 6.07) is 8.98. The SMILES string of the molecule is N#CCCCCn1ccc2c([N+](=O)[O-])cccc21. The Morgan fingerprint density at radius 3 is 2.89 bits per heavy atom. The summed E-state index contributed by atoms with van der Waals surface area (Å²) in [6.45, 7) is 0.784. The second-order valence-corrected chi connectivity index (χ2v) is 4.09. The van der Waals surface area contributed by atoms with E-state index in [9.17, 15) is 10.1 Å². The first-order chi connectivity index (χ1) is 8.74. The van der Waals surface area contributed by atoms with Gasteiger partial charge in [0.25, 0.3) is 5.69 Å². The minimum atomic E-state index is -0.359. The van der Waals surface area contributed by atoms with E-state index < -0.39 is 0 Å². The molecule has 5 heteroatoms. The predicted octanol–water partition coefficient (Wildman–Crippen LogP) is 3.24. The van der Waals surface area contributed by atoms with Gasteiger partial charge in [-0.15, -0.1) is 0 Å². The number of nitro benzene ring substituents is 1. The van der Waals surface area contributed by atoms with Gasteiger partial charge in [0, 0.05) is 25.2 Å². The van der Waals surface area contributed by atoms with Gasteiger partial charge < -0.3 is 4.57 Å². The van der Waals surface area contributed by atoms with Crippen LogP contribution in [-0.4, -0.2) is 9.49 Å². The maximum Gasteiger partial charge on any atom is 0.278 e.